The number of rotatable bonds is 2. The first-order valence-electron chi connectivity index (χ1n) is 6.98. The van der Waals surface area contributed by atoms with Crippen LogP contribution in [0, 0.1) is 13.7 Å². The van der Waals surface area contributed by atoms with Crippen LogP contribution in [0.2, 0.25) is 0 Å². The van der Waals surface area contributed by atoms with E-state index in [1.165, 1.54) is 0 Å². The van der Waals surface area contributed by atoms with Crippen molar-refractivity contribution in [2.24, 2.45) is 0 Å². The van der Waals surface area contributed by atoms with Gasteiger partial charge in [-0.25, -0.2) is 0 Å². The Morgan fingerprint density at radius 1 is 1.62 bits per heavy atom. The fourth-order valence-electron chi connectivity index (χ4n) is 0.805. The Hall–Kier alpha value is -1.02. The Morgan fingerprint density at radius 3 is 2.69 bits per heavy atom. The molecule has 1 rings (SSSR count). The molecule has 0 saturated carbocycles. The van der Waals surface area contributed by atoms with Crippen molar-refractivity contribution in [2.75, 3.05) is 11.2 Å². The van der Waals surface area contributed by atoms with Crippen LogP contribution in [-0.4, -0.2) is 11.8 Å². The van der Waals surface area contributed by atoms with Gasteiger partial charge in [0.25, 0.3) is 0 Å². The second kappa shape index (κ2) is 4.28. The predicted octanol–water partition coefficient (Wildman–Crippen LogP) is 2.48. The van der Waals surface area contributed by atoms with Gasteiger partial charge < -0.3 is 5.32 Å². The van der Waals surface area contributed by atoms with Gasteiger partial charge in [0, 0.05) is 13.9 Å². The largest absolute Gasteiger partial charge is 0.325 e. The number of halogens is 1. The number of amides is 1. The van der Waals surface area contributed by atoms with Gasteiger partial charge in [0.05, 0.1) is 1.37 Å². The zero-order valence-corrected chi connectivity index (χ0v) is 7.40. The van der Waals surface area contributed by atoms with Crippen molar-refractivity contribution in [2.45, 2.75) is 13.7 Å². The van der Waals surface area contributed by atoms with Gasteiger partial charge in [-0.05, 0) is 24.8 Å². The van der Waals surface area contributed by atoms with Gasteiger partial charge in [-0.1, -0.05) is 18.2 Å². The number of aryl methyl sites for hydroxylation is 2. The molecule has 70 valence electrons. The van der Waals surface area contributed by atoms with Crippen molar-refractivity contribution in [3.05, 3.63) is 29.3 Å². The molecule has 0 fully saturated rings. The van der Waals surface area contributed by atoms with Gasteiger partial charge in [-0.2, -0.15) is 0 Å². The molecule has 13 heavy (non-hydrogen) atoms. The van der Waals surface area contributed by atoms with Crippen molar-refractivity contribution in [1.82, 2.24) is 0 Å². The van der Waals surface area contributed by atoms with Crippen molar-refractivity contribution < 1.29 is 14.4 Å². The minimum absolute atomic E-state index is 0.258. The Labute approximate surface area is 92.7 Å². The molecule has 1 aromatic rings. The molecule has 0 unspecified atom stereocenters. The molecule has 3 heteroatoms. The molecule has 1 amide bonds. The highest BCUT2D eigenvalue weighted by atomic mass is 35.5. The van der Waals surface area contributed by atoms with Crippen LogP contribution in [0.15, 0.2) is 18.2 Å². The standard InChI is InChI=1S/C10H12ClNO/c1-7-4-3-5-8(2)10(7)12-9(13)6-11/h3-5H,6H2,1-2H3,(H,12,13)/i1D3,2D3,3D. The third-order valence-electron chi connectivity index (χ3n) is 1.38. The Balaban J connectivity index is 3.58. The third-order valence-corrected chi connectivity index (χ3v) is 1.62. The van der Waals surface area contributed by atoms with Gasteiger partial charge >= 0.3 is 0 Å². The average Bonchev–Trinajstić information content (AvgIpc) is 2.27. The molecular formula is C10H12ClNO. The minimum atomic E-state index is -2.66. The molecule has 0 aliphatic rings. The van der Waals surface area contributed by atoms with Crippen LogP contribution in [0.4, 0.5) is 5.69 Å². The van der Waals surface area contributed by atoms with E-state index in [-0.39, 0.29) is 11.7 Å². The summed E-state index contributed by atoms with van der Waals surface area (Å²) < 4.78 is 51.9. The highest BCUT2D eigenvalue weighted by molar-refractivity contribution is 6.29. The molecule has 0 atom stereocenters. The topological polar surface area (TPSA) is 29.1 Å². The van der Waals surface area contributed by atoms with E-state index in [1.807, 2.05) is 0 Å². The van der Waals surface area contributed by atoms with E-state index in [0.29, 0.717) is 0 Å². The lowest BCUT2D eigenvalue weighted by molar-refractivity contribution is -0.113. The zero-order chi connectivity index (χ0) is 15.7. The van der Waals surface area contributed by atoms with E-state index in [2.05, 4.69) is 5.32 Å². The van der Waals surface area contributed by atoms with Gasteiger partial charge in [0.15, 0.2) is 0 Å². The van der Waals surface area contributed by atoms with E-state index < -0.39 is 36.6 Å². The first-order valence-corrected chi connectivity index (χ1v) is 4.01. The van der Waals surface area contributed by atoms with E-state index in [9.17, 15) is 4.79 Å². The van der Waals surface area contributed by atoms with Crippen LogP contribution in [-0.2, 0) is 4.79 Å². The Morgan fingerprint density at radius 2 is 2.23 bits per heavy atom. The summed E-state index contributed by atoms with van der Waals surface area (Å²) in [6.07, 6.45) is 0. The lowest BCUT2D eigenvalue weighted by Gasteiger charge is -2.09. The SMILES string of the molecule is [2H]c1cc(C([2H])([2H])[2H])c(NC(=O)CCl)c(C([2H])([2H])[2H])c1. The van der Waals surface area contributed by atoms with Crippen LogP contribution in [0.1, 0.15) is 20.7 Å². The minimum Gasteiger partial charge on any atom is -0.325 e. The average molecular weight is 205 g/mol. The number of carbonyl (C=O) groups excluding carboxylic acids is 1. The van der Waals surface area contributed by atoms with Crippen molar-refractivity contribution >= 4 is 23.2 Å². The zero-order valence-electron chi connectivity index (χ0n) is 13.6. The molecule has 0 spiro atoms. The first kappa shape index (κ1) is 4.01. The smallest absolute Gasteiger partial charge is 0.239 e. The van der Waals surface area contributed by atoms with Gasteiger partial charge in [0.1, 0.15) is 5.88 Å². The van der Waals surface area contributed by atoms with Crippen molar-refractivity contribution in [1.29, 1.82) is 0 Å². The predicted molar refractivity (Wildman–Crippen MR) is 55.3 cm³/mol. The van der Waals surface area contributed by atoms with Crippen molar-refractivity contribution in [3.63, 3.8) is 0 Å². The second-order valence-electron chi connectivity index (χ2n) is 2.34. The fraction of sp³-hybridized carbons (Fsp3) is 0.300. The Bertz CT molecular complexity index is 488. The lowest BCUT2D eigenvalue weighted by atomic mass is 10.1. The number of anilines is 1. The van der Waals surface area contributed by atoms with E-state index in [0.717, 1.165) is 12.1 Å². The maximum Gasteiger partial charge on any atom is 0.239 e. The van der Waals surface area contributed by atoms with E-state index >= 15 is 0 Å². The highest BCUT2D eigenvalue weighted by Crippen LogP contribution is 2.19. The summed E-state index contributed by atoms with van der Waals surface area (Å²) in [5.74, 6) is -1.16. The molecule has 0 heterocycles. The number of carbonyl (C=O) groups is 1. The summed E-state index contributed by atoms with van der Waals surface area (Å²) in [7, 11) is 0. The molecular weight excluding hydrogens is 186 g/mol. The van der Waals surface area contributed by atoms with E-state index in [4.69, 9.17) is 21.2 Å². The summed E-state index contributed by atoms with van der Waals surface area (Å²) in [6.45, 7) is -5.32. The molecule has 2 nitrogen and oxygen atoms in total. The molecule has 0 saturated heterocycles. The summed E-state index contributed by atoms with van der Waals surface area (Å²) in [5, 5.41) is 2.19. The van der Waals surface area contributed by atoms with Gasteiger partial charge in [-0.15, -0.1) is 11.6 Å². The quantitative estimate of drug-likeness (QED) is 0.737. The second-order valence-corrected chi connectivity index (χ2v) is 2.61. The van der Waals surface area contributed by atoms with Crippen molar-refractivity contribution in [3.8, 4) is 0 Å². The Kier molecular flexibility index (Phi) is 1.32. The molecule has 0 aromatic heterocycles. The molecule has 0 radical (unpaired) electrons. The number of hydrogen-bond acceptors (Lipinski definition) is 1. The fourth-order valence-corrected chi connectivity index (χ4v) is 0.872. The monoisotopic (exact) mass is 204 g/mol. The summed E-state index contributed by atoms with van der Waals surface area (Å²) in [5.41, 5.74) is -1.11. The normalized spacial score (nSPS) is 19.6. The number of nitrogens with one attached hydrogen (secondary N) is 1. The van der Waals surface area contributed by atoms with Crippen LogP contribution in [0.3, 0.4) is 0 Å². The maximum absolute atomic E-state index is 11.4. The molecule has 1 N–H and O–H groups in total. The lowest BCUT2D eigenvalue weighted by Crippen LogP contribution is -2.14. The summed E-state index contributed by atoms with van der Waals surface area (Å²) in [6, 6.07) is 1.75. The highest BCUT2D eigenvalue weighted by Gasteiger charge is 2.04. The van der Waals surface area contributed by atoms with Crippen LogP contribution in [0.5, 0.6) is 0 Å². The summed E-state index contributed by atoms with van der Waals surface area (Å²) in [4.78, 5) is 11.4. The number of alkyl halides is 1. The number of benzene rings is 1. The molecule has 0 aliphatic carbocycles. The maximum atomic E-state index is 11.4. The molecule has 0 bridgehead atoms. The molecule has 0 aliphatic heterocycles. The van der Waals surface area contributed by atoms with Crippen LogP contribution < -0.4 is 5.32 Å². The summed E-state index contributed by atoms with van der Waals surface area (Å²) >= 11 is 5.34. The number of hydrogen-bond donors (Lipinski definition) is 1. The van der Waals surface area contributed by atoms with Crippen LogP contribution in [0.25, 0.3) is 0 Å². The third kappa shape index (κ3) is 2.46. The van der Waals surface area contributed by atoms with Gasteiger partial charge in [0.2, 0.25) is 5.91 Å². The van der Waals surface area contributed by atoms with Gasteiger partial charge in [-0.3, -0.25) is 4.79 Å². The molecule has 1 aromatic carbocycles. The number of para-hydroxylation sites is 1. The first-order chi connectivity index (χ1) is 8.96. The van der Waals surface area contributed by atoms with E-state index in [1.54, 1.807) is 0 Å². The van der Waals surface area contributed by atoms with Crippen LogP contribution >= 0.6 is 11.6 Å².